The first kappa shape index (κ1) is 41.6. The lowest BCUT2D eigenvalue weighted by Gasteiger charge is -2.29. The SMILES string of the molecule is COC(=O)N[C@H](C(=O)N1CC=CC1c1ncc(-c2ccc(-c3ccc(-c4cnc(C5CN(S(C)(=O)=O)CN5C(=O)[C@@H](NC(=O)OC)C(C)C)[nH]4)cc3)cc2)[nH]1)C(C)C. The highest BCUT2D eigenvalue weighted by molar-refractivity contribution is 7.88. The van der Waals surface area contributed by atoms with Gasteiger partial charge < -0.3 is 39.9 Å². The summed E-state index contributed by atoms with van der Waals surface area (Å²) in [6.45, 7) is 7.49. The molecule has 0 spiro atoms. The Morgan fingerprint density at radius 1 is 0.724 bits per heavy atom. The summed E-state index contributed by atoms with van der Waals surface area (Å²) in [5, 5.41) is 5.23. The molecule has 4 atom stereocenters. The molecule has 58 heavy (non-hydrogen) atoms. The van der Waals surface area contributed by atoms with E-state index in [4.69, 9.17) is 9.47 Å². The van der Waals surface area contributed by atoms with Crippen LogP contribution < -0.4 is 10.6 Å². The van der Waals surface area contributed by atoms with Gasteiger partial charge in [-0.15, -0.1) is 0 Å². The van der Waals surface area contributed by atoms with Crippen LogP contribution >= 0.6 is 0 Å². The molecule has 6 rings (SSSR count). The van der Waals surface area contributed by atoms with Crippen molar-refractivity contribution >= 4 is 34.0 Å². The number of nitrogens with one attached hydrogen (secondary N) is 4. The number of sulfonamides is 1. The first-order valence-electron chi connectivity index (χ1n) is 18.8. The average molecular weight is 816 g/mol. The van der Waals surface area contributed by atoms with E-state index >= 15 is 0 Å². The van der Waals surface area contributed by atoms with Crippen LogP contribution in [0.3, 0.4) is 0 Å². The molecule has 17 nitrogen and oxygen atoms in total. The Labute approximate surface area is 337 Å². The van der Waals surface area contributed by atoms with Crippen LogP contribution in [0.4, 0.5) is 9.59 Å². The summed E-state index contributed by atoms with van der Waals surface area (Å²) in [5.41, 5.74) is 5.17. The second kappa shape index (κ2) is 17.2. The zero-order valence-electron chi connectivity index (χ0n) is 33.4. The minimum absolute atomic E-state index is 0.0000275. The Hall–Kier alpha value is -6.01. The number of carbonyl (C=O) groups is 4. The van der Waals surface area contributed by atoms with Crippen LogP contribution in [-0.4, -0.2) is 119 Å². The number of hydrogen-bond donors (Lipinski definition) is 4. The normalized spacial score (nSPS) is 18.1. The van der Waals surface area contributed by atoms with E-state index in [-0.39, 0.29) is 31.0 Å². The lowest BCUT2D eigenvalue weighted by Crippen LogP contribution is -2.51. The van der Waals surface area contributed by atoms with Gasteiger partial charge in [0.1, 0.15) is 35.8 Å². The number of methoxy groups -OCH3 is 2. The molecule has 308 valence electrons. The molecule has 0 saturated carbocycles. The van der Waals surface area contributed by atoms with Crippen LogP contribution in [0.2, 0.25) is 0 Å². The molecule has 4 heterocycles. The number of rotatable bonds is 12. The standard InChI is InChI=1S/C40H49N9O8S/c1-23(2)33(45-39(52)56-5)37(50)48-18-8-9-31(48)35-41-19-29(43-35)27-14-10-25(11-15-27)26-12-16-28(17-13-26)30-20-42-36(44-30)32-21-47(58(7,54)55)22-49(32)38(51)34(24(3)4)46-40(53)57-6/h8-17,19-20,23-24,31-34H,18,21-22H2,1-7H3,(H,41,43)(H,42,44)(H,45,52)(H,46,53)/t31?,32?,33-,34-/m0/s1. The lowest BCUT2D eigenvalue weighted by atomic mass is 10.0. The first-order chi connectivity index (χ1) is 27.6. The highest BCUT2D eigenvalue weighted by Crippen LogP contribution is 2.33. The second-order valence-electron chi connectivity index (χ2n) is 15.0. The number of nitrogens with zero attached hydrogens (tertiary/aromatic N) is 5. The van der Waals surface area contributed by atoms with Gasteiger partial charge in [0.25, 0.3) is 0 Å². The third-order valence-electron chi connectivity index (χ3n) is 10.3. The fraction of sp³-hybridized carbons (Fsp3) is 0.400. The maximum Gasteiger partial charge on any atom is 0.407 e. The van der Waals surface area contributed by atoms with Crippen molar-refractivity contribution in [3.05, 3.63) is 84.7 Å². The number of hydrogen-bond acceptors (Lipinski definition) is 10. The van der Waals surface area contributed by atoms with E-state index in [1.165, 1.54) is 23.4 Å². The number of ether oxygens (including phenoxy) is 2. The molecule has 2 aliphatic heterocycles. The largest absolute Gasteiger partial charge is 0.453 e. The number of H-pyrrole nitrogens is 2. The highest BCUT2D eigenvalue weighted by atomic mass is 32.2. The molecule has 18 heteroatoms. The van der Waals surface area contributed by atoms with Crippen LogP contribution in [0.25, 0.3) is 33.6 Å². The van der Waals surface area contributed by atoms with Gasteiger partial charge in [-0.25, -0.2) is 28.0 Å². The van der Waals surface area contributed by atoms with Crippen molar-refractivity contribution < 1.29 is 37.1 Å². The topological polar surface area (TPSA) is 212 Å². The predicted molar refractivity (Wildman–Crippen MR) is 215 cm³/mol. The number of amides is 4. The van der Waals surface area contributed by atoms with Crippen molar-refractivity contribution in [2.75, 3.05) is 40.2 Å². The van der Waals surface area contributed by atoms with Crippen molar-refractivity contribution in [1.82, 2.24) is 44.7 Å². The van der Waals surface area contributed by atoms with Crippen LogP contribution in [0.15, 0.2) is 73.1 Å². The van der Waals surface area contributed by atoms with Gasteiger partial charge in [0.2, 0.25) is 21.8 Å². The highest BCUT2D eigenvalue weighted by Gasteiger charge is 2.43. The van der Waals surface area contributed by atoms with E-state index in [1.807, 2.05) is 74.5 Å². The molecule has 0 aliphatic carbocycles. The van der Waals surface area contributed by atoms with E-state index in [2.05, 4.69) is 30.6 Å². The minimum Gasteiger partial charge on any atom is -0.453 e. The molecule has 2 aromatic heterocycles. The number of carbonyl (C=O) groups excluding carboxylic acids is 4. The van der Waals surface area contributed by atoms with E-state index < -0.39 is 52.3 Å². The summed E-state index contributed by atoms with van der Waals surface area (Å²) >= 11 is 0. The third kappa shape index (κ3) is 8.92. The zero-order chi connectivity index (χ0) is 41.9. The molecular weight excluding hydrogens is 767 g/mol. The summed E-state index contributed by atoms with van der Waals surface area (Å²) in [6, 6.07) is 13.0. The maximum absolute atomic E-state index is 13.8. The van der Waals surface area contributed by atoms with Crippen molar-refractivity contribution in [2.45, 2.75) is 51.9 Å². The molecule has 0 radical (unpaired) electrons. The fourth-order valence-corrected chi connectivity index (χ4v) is 7.78. The van der Waals surface area contributed by atoms with Crippen LogP contribution in [-0.2, 0) is 29.1 Å². The minimum atomic E-state index is -3.64. The van der Waals surface area contributed by atoms with Crippen molar-refractivity contribution in [3.63, 3.8) is 0 Å². The number of aromatic amines is 2. The Balaban J connectivity index is 1.15. The molecule has 0 bridgehead atoms. The summed E-state index contributed by atoms with van der Waals surface area (Å²) in [4.78, 5) is 70.1. The van der Waals surface area contributed by atoms with Crippen molar-refractivity contribution in [2.24, 2.45) is 11.8 Å². The van der Waals surface area contributed by atoms with Crippen LogP contribution in [0.5, 0.6) is 0 Å². The summed E-state index contributed by atoms with van der Waals surface area (Å²) in [7, 11) is -1.17. The van der Waals surface area contributed by atoms with Gasteiger partial charge in [-0.2, -0.15) is 4.31 Å². The molecule has 2 aliphatic rings. The predicted octanol–water partition coefficient (Wildman–Crippen LogP) is 4.44. The zero-order valence-corrected chi connectivity index (χ0v) is 34.2. The molecule has 4 N–H and O–H groups in total. The Bertz CT molecular complexity index is 2270. The molecule has 4 amide bonds. The van der Waals surface area contributed by atoms with Crippen LogP contribution in [0, 0.1) is 11.8 Å². The van der Waals surface area contributed by atoms with E-state index in [9.17, 15) is 27.6 Å². The van der Waals surface area contributed by atoms with Gasteiger partial charge in [0.15, 0.2) is 0 Å². The Morgan fingerprint density at radius 2 is 1.17 bits per heavy atom. The number of aromatic nitrogens is 4. The molecule has 2 unspecified atom stereocenters. The van der Waals surface area contributed by atoms with Crippen molar-refractivity contribution in [1.29, 1.82) is 0 Å². The van der Waals surface area contributed by atoms with Gasteiger partial charge in [-0.1, -0.05) is 88.4 Å². The van der Waals surface area contributed by atoms with Gasteiger partial charge in [0, 0.05) is 13.1 Å². The number of imidazole rings is 2. The van der Waals surface area contributed by atoms with Gasteiger partial charge >= 0.3 is 12.2 Å². The van der Waals surface area contributed by atoms with Gasteiger partial charge in [0.05, 0.1) is 50.9 Å². The first-order valence-corrected chi connectivity index (χ1v) is 20.7. The monoisotopic (exact) mass is 815 g/mol. The molecule has 4 aromatic rings. The molecule has 1 fully saturated rings. The number of alkyl carbamates (subject to hydrolysis) is 2. The van der Waals surface area contributed by atoms with Crippen LogP contribution in [0.1, 0.15) is 51.4 Å². The smallest absolute Gasteiger partial charge is 0.407 e. The van der Waals surface area contributed by atoms with Crippen molar-refractivity contribution in [3.8, 4) is 33.6 Å². The average Bonchev–Trinajstić information content (AvgIpc) is 4.04. The van der Waals surface area contributed by atoms with E-state index in [0.717, 1.165) is 34.2 Å². The third-order valence-corrected chi connectivity index (χ3v) is 11.6. The maximum atomic E-state index is 13.8. The summed E-state index contributed by atoms with van der Waals surface area (Å²) in [6.07, 6.45) is 6.87. The number of benzene rings is 2. The Morgan fingerprint density at radius 3 is 1.64 bits per heavy atom. The van der Waals surface area contributed by atoms with Gasteiger partial charge in [-0.3, -0.25) is 9.59 Å². The molecular formula is C40H49N9O8S. The molecule has 2 aromatic carbocycles. The summed E-state index contributed by atoms with van der Waals surface area (Å²) in [5.74, 6) is -0.110. The fourth-order valence-electron chi connectivity index (χ4n) is 7.03. The molecule has 1 saturated heterocycles. The lowest BCUT2D eigenvalue weighted by molar-refractivity contribution is -0.136. The second-order valence-corrected chi connectivity index (χ2v) is 16.9. The van der Waals surface area contributed by atoms with E-state index in [1.54, 1.807) is 31.1 Å². The quantitative estimate of drug-likeness (QED) is 0.148. The van der Waals surface area contributed by atoms with E-state index in [0.29, 0.717) is 23.9 Å². The summed E-state index contributed by atoms with van der Waals surface area (Å²) < 4.78 is 35.8. The Kier molecular flexibility index (Phi) is 12.4. The van der Waals surface area contributed by atoms with Gasteiger partial charge in [-0.05, 0) is 34.1 Å².